The number of thiophene rings is 4. The van der Waals surface area contributed by atoms with Gasteiger partial charge in [-0.05, 0) is 41.1 Å². The molecule has 4 aromatic carbocycles. The molecule has 10 rings (SSSR count). The molecule has 2 nitrogen and oxygen atoms in total. The first kappa shape index (κ1) is 25.6. The van der Waals surface area contributed by atoms with E-state index in [4.69, 9.17) is 9.97 Å². The van der Waals surface area contributed by atoms with Crippen LogP contribution in [-0.2, 0) is 0 Å². The Hall–Kier alpha value is -3.76. The molecule has 0 unspecified atom stereocenters. The summed E-state index contributed by atoms with van der Waals surface area (Å²) >= 11 is 10.9. The zero-order chi connectivity index (χ0) is 28.8. The van der Waals surface area contributed by atoms with Gasteiger partial charge in [0.1, 0.15) is 19.7 Å². The molecule has 0 saturated carbocycles. The van der Waals surface area contributed by atoms with Gasteiger partial charge in [0.15, 0.2) is 0 Å². The summed E-state index contributed by atoms with van der Waals surface area (Å²) in [5.41, 5.74) is 2.37. The molecule has 0 N–H and O–H groups in total. The van der Waals surface area contributed by atoms with Crippen molar-refractivity contribution in [3.8, 4) is 40.7 Å². The number of hydrogen-bond acceptors (Lipinski definition) is 8. The van der Waals surface area contributed by atoms with Crippen molar-refractivity contribution in [1.29, 1.82) is 0 Å². The zero-order valence-electron chi connectivity index (χ0n) is 22.7. The molecule has 0 aliphatic heterocycles. The first-order valence-corrected chi connectivity index (χ1v) is 18.9. The Morgan fingerprint density at radius 2 is 0.955 bits per heavy atom. The maximum Gasteiger partial charge on any atom is 0.135 e. The van der Waals surface area contributed by atoms with Crippen molar-refractivity contribution in [1.82, 2.24) is 9.97 Å². The Kier molecular flexibility index (Phi) is 5.73. The molecule has 0 radical (unpaired) electrons. The van der Waals surface area contributed by atoms with Crippen molar-refractivity contribution in [2.24, 2.45) is 0 Å². The van der Waals surface area contributed by atoms with Gasteiger partial charge in [-0.3, -0.25) is 0 Å². The molecule has 10 aromatic rings. The van der Waals surface area contributed by atoms with Gasteiger partial charge >= 0.3 is 0 Å². The van der Waals surface area contributed by atoms with E-state index in [-0.39, 0.29) is 0 Å². The minimum absolute atomic E-state index is 1.09. The first-order valence-electron chi connectivity index (χ1n) is 14.0. The predicted octanol–water partition coefficient (Wildman–Crippen LogP) is 13.3. The number of aromatic nitrogens is 2. The van der Waals surface area contributed by atoms with E-state index in [1.165, 1.54) is 71.0 Å². The molecule has 0 saturated heterocycles. The van der Waals surface area contributed by atoms with Crippen molar-refractivity contribution in [3.63, 3.8) is 0 Å². The lowest BCUT2D eigenvalue weighted by Crippen LogP contribution is -1.73. The number of rotatable bonds is 4. The van der Waals surface area contributed by atoms with Crippen LogP contribution in [0.25, 0.3) is 90.7 Å². The lowest BCUT2D eigenvalue weighted by atomic mass is 10.0. The smallest absolute Gasteiger partial charge is 0.135 e. The largest absolute Gasteiger partial charge is 0.225 e. The molecule has 0 amide bonds. The minimum atomic E-state index is 1.09. The summed E-state index contributed by atoms with van der Waals surface area (Å²) in [6, 6.07) is 39.6. The summed E-state index contributed by atoms with van der Waals surface area (Å²) in [5.74, 6) is 0. The van der Waals surface area contributed by atoms with Crippen LogP contribution in [0.15, 0.2) is 109 Å². The van der Waals surface area contributed by atoms with E-state index in [2.05, 4.69) is 109 Å². The molecule has 0 aliphatic carbocycles. The fraction of sp³-hybridized carbons (Fsp3) is 0. The van der Waals surface area contributed by atoms with Gasteiger partial charge in [0.25, 0.3) is 0 Å². The highest BCUT2D eigenvalue weighted by Crippen LogP contribution is 2.47. The fourth-order valence-electron chi connectivity index (χ4n) is 5.79. The second-order valence-corrected chi connectivity index (χ2v) is 16.9. The van der Waals surface area contributed by atoms with E-state index in [1.54, 1.807) is 45.3 Å². The third-order valence-corrected chi connectivity index (χ3v) is 15.0. The van der Waals surface area contributed by atoms with Crippen molar-refractivity contribution >= 4 is 118 Å². The maximum atomic E-state index is 4.96. The Bertz CT molecular complexity index is 2410. The molecule has 0 fully saturated rings. The van der Waals surface area contributed by atoms with Crippen LogP contribution in [0.3, 0.4) is 0 Å². The Morgan fingerprint density at radius 3 is 1.57 bits per heavy atom. The van der Waals surface area contributed by atoms with Crippen molar-refractivity contribution in [3.05, 3.63) is 109 Å². The lowest BCUT2D eigenvalue weighted by molar-refractivity contribution is 1.50. The Labute approximate surface area is 275 Å². The van der Waals surface area contributed by atoms with Crippen LogP contribution in [0.5, 0.6) is 0 Å². The summed E-state index contributed by atoms with van der Waals surface area (Å²) in [6.07, 6.45) is 0. The molecule has 44 heavy (non-hydrogen) atoms. The normalized spacial score (nSPS) is 12.1. The zero-order valence-corrected chi connectivity index (χ0v) is 27.6. The molecule has 208 valence electrons. The molecule has 6 heterocycles. The topological polar surface area (TPSA) is 25.8 Å². The molecule has 0 bridgehead atoms. The van der Waals surface area contributed by atoms with E-state index < -0.39 is 0 Å². The van der Waals surface area contributed by atoms with E-state index in [0.29, 0.717) is 0 Å². The monoisotopic (exact) mass is 670 g/mol. The number of benzene rings is 4. The van der Waals surface area contributed by atoms with Gasteiger partial charge in [0.2, 0.25) is 0 Å². The van der Waals surface area contributed by atoms with Crippen molar-refractivity contribution < 1.29 is 0 Å². The molecule has 0 spiro atoms. The highest BCUT2D eigenvalue weighted by molar-refractivity contribution is 7.33. The predicted molar refractivity (Wildman–Crippen MR) is 199 cm³/mol. The minimum Gasteiger partial charge on any atom is -0.225 e. The van der Waals surface area contributed by atoms with Crippen molar-refractivity contribution in [2.45, 2.75) is 0 Å². The van der Waals surface area contributed by atoms with Gasteiger partial charge in [0.05, 0.1) is 9.40 Å². The van der Waals surface area contributed by atoms with Gasteiger partial charge in [-0.15, -0.1) is 68.0 Å². The van der Waals surface area contributed by atoms with Crippen LogP contribution < -0.4 is 0 Å². The number of thiazole rings is 2. The second-order valence-electron chi connectivity index (χ2n) is 10.6. The molecular formula is C36H18N2S6. The van der Waals surface area contributed by atoms with E-state index in [1.807, 2.05) is 22.7 Å². The fourth-order valence-corrected chi connectivity index (χ4v) is 12.6. The maximum absolute atomic E-state index is 4.96. The van der Waals surface area contributed by atoms with Crippen LogP contribution in [-0.4, -0.2) is 9.97 Å². The number of hydrogen-bond donors (Lipinski definition) is 0. The Morgan fingerprint density at radius 1 is 0.386 bits per heavy atom. The number of nitrogens with zero attached hydrogens (tertiary/aromatic N) is 2. The third-order valence-electron chi connectivity index (χ3n) is 7.88. The van der Waals surface area contributed by atoms with Gasteiger partial charge in [-0.2, -0.15) is 0 Å². The lowest BCUT2D eigenvalue weighted by Gasteiger charge is -2.01. The van der Waals surface area contributed by atoms with Crippen LogP contribution in [0.4, 0.5) is 0 Å². The van der Waals surface area contributed by atoms with Gasteiger partial charge in [0, 0.05) is 50.8 Å². The van der Waals surface area contributed by atoms with E-state index >= 15 is 0 Å². The van der Waals surface area contributed by atoms with Crippen LogP contribution in [0.1, 0.15) is 0 Å². The van der Waals surface area contributed by atoms with E-state index in [9.17, 15) is 0 Å². The SMILES string of the molecule is c1ccc(-c2nc3sc(-c4cc5c(ccc6c5ccc5cc(-c7cc8sc(-c9ccccc9)nc8s7)sc56)s4)cc3s2)cc1. The second kappa shape index (κ2) is 9.87. The highest BCUT2D eigenvalue weighted by atomic mass is 32.1. The highest BCUT2D eigenvalue weighted by Gasteiger charge is 2.17. The van der Waals surface area contributed by atoms with Crippen LogP contribution in [0, 0.1) is 0 Å². The molecule has 0 aliphatic rings. The van der Waals surface area contributed by atoms with Gasteiger partial charge in [-0.25, -0.2) is 9.97 Å². The summed E-state index contributed by atoms with van der Waals surface area (Å²) in [6.45, 7) is 0. The average molecular weight is 671 g/mol. The Balaban J connectivity index is 1.02. The average Bonchev–Trinajstić information content (AvgIpc) is 3.89. The third kappa shape index (κ3) is 4.06. The van der Waals surface area contributed by atoms with Crippen LogP contribution in [0.2, 0.25) is 0 Å². The number of fused-ring (bicyclic) bond motifs is 7. The quantitative estimate of drug-likeness (QED) is 0.186. The molecule has 8 heteroatoms. The molecule has 6 aromatic heterocycles. The van der Waals surface area contributed by atoms with Gasteiger partial charge in [-0.1, -0.05) is 78.9 Å². The van der Waals surface area contributed by atoms with E-state index in [0.717, 1.165) is 19.7 Å². The summed E-state index contributed by atoms with van der Waals surface area (Å²) < 4.78 is 5.21. The standard InChI is InChI=1S/C36H18N2S6/c1-3-7-19(8-4-1)33-37-35-30(43-33)17-28(41-35)26-15-21-11-12-22-23(32(21)40-26)13-14-25-24(22)16-27(39-25)29-18-31-36(42-29)38-34(44-31)20-9-5-2-6-10-20/h1-18H. The van der Waals surface area contributed by atoms with Crippen LogP contribution >= 0.6 is 68.0 Å². The van der Waals surface area contributed by atoms with Crippen molar-refractivity contribution in [2.75, 3.05) is 0 Å². The van der Waals surface area contributed by atoms with Gasteiger partial charge < -0.3 is 0 Å². The molecule has 0 atom stereocenters. The first-order chi connectivity index (χ1) is 21.7. The molecular weight excluding hydrogens is 653 g/mol. The summed E-state index contributed by atoms with van der Waals surface area (Å²) in [7, 11) is 0. The summed E-state index contributed by atoms with van der Waals surface area (Å²) in [5, 5.41) is 7.49. The summed E-state index contributed by atoms with van der Waals surface area (Å²) in [4.78, 5) is 17.4.